The molecule has 1 unspecified atom stereocenters. The second-order valence-electron chi connectivity index (χ2n) is 5.16. The summed E-state index contributed by atoms with van der Waals surface area (Å²) in [6.07, 6.45) is 1.21. The Kier molecular flexibility index (Phi) is 4.53. The van der Waals surface area contributed by atoms with E-state index in [1.807, 2.05) is 12.1 Å². The van der Waals surface area contributed by atoms with Crippen molar-refractivity contribution >= 4 is 32.9 Å². The number of hydrogen-bond donors (Lipinski definition) is 2. The summed E-state index contributed by atoms with van der Waals surface area (Å²) in [4.78, 5) is 22.5. The van der Waals surface area contributed by atoms with Crippen LogP contribution in [0, 0.1) is 0 Å². The Hall–Kier alpha value is -1.60. The van der Waals surface area contributed by atoms with Crippen LogP contribution in [0.2, 0.25) is 0 Å². The number of carbonyl (C=O) groups is 1. The van der Waals surface area contributed by atoms with Crippen LogP contribution in [0.1, 0.15) is 30.9 Å². The normalized spacial score (nSPS) is 12.8. The summed E-state index contributed by atoms with van der Waals surface area (Å²) in [5, 5.41) is 8.67. The van der Waals surface area contributed by atoms with Gasteiger partial charge in [0.25, 0.3) is 0 Å². The summed E-state index contributed by atoms with van der Waals surface area (Å²) in [5.74, 6) is -0.817. The van der Waals surface area contributed by atoms with E-state index in [0.717, 1.165) is 21.1 Å². The maximum atomic E-state index is 11.9. The van der Waals surface area contributed by atoms with Crippen molar-refractivity contribution < 1.29 is 9.90 Å². The van der Waals surface area contributed by atoms with E-state index in [9.17, 15) is 9.59 Å². The first kappa shape index (κ1) is 15.8. The molecule has 114 valence electrons. The summed E-state index contributed by atoms with van der Waals surface area (Å²) in [6.45, 7) is 0. The zero-order valence-corrected chi connectivity index (χ0v) is 13.6. The SMILES string of the molecule is Cn1c(=O)n(C)c2cc(C(N)CCCC(=O)O)c(Br)cc21. The van der Waals surface area contributed by atoms with Gasteiger partial charge in [-0.25, -0.2) is 4.79 Å². The molecule has 3 N–H and O–H groups in total. The number of hydrogen-bond acceptors (Lipinski definition) is 3. The van der Waals surface area contributed by atoms with Crippen molar-refractivity contribution in [2.75, 3.05) is 0 Å². The molecule has 21 heavy (non-hydrogen) atoms. The highest BCUT2D eigenvalue weighted by Gasteiger charge is 2.15. The summed E-state index contributed by atoms with van der Waals surface area (Å²) in [5.41, 5.74) is 8.59. The molecule has 0 radical (unpaired) electrons. The highest BCUT2D eigenvalue weighted by Crippen LogP contribution is 2.29. The number of aliphatic carboxylic acids is 1. The Bertz CT molecular complexity index is 748. The lowest BCUT2D eigenvalue weighted by molar-refractivity contribution is -0.137. The minimum absolute atomic E-state index is 0.0894. The predicted octanol–water partition coefficient (Wildman–Crippen LogP) is 1.89. The number of nitrogens with two attached hydrogens (primary N) is 1. The highest BCUT2D eigenvalue weighted by atomic mass is 79.9. The van der Waals surface area contributed by atoms with Crippen molar-refractivity contribution in [3.05, 3.63) is 32.7 Å². The van der Waals surface area contributed by atoms with Crippen molar-refractivity contribution in [1.82, 2.24) is 9.13 Å². The molecule has 1 aromatic heterocycles. The third-order valence-electron chi connectivity index (χ3n) is 3.70. The molecule has 1 atom stereocenters. The molecular formula is C14H18BrN3O3. The summed E-state index contributed by atoms with van der Waals surface area (Å²) in [6, 6.07) is 3.51. The van der Waals surface area contributed by atoms with Gasteiger partial charge in [0.05, 0.1) is 11.0 Å². The number of rotatable bonds is 5. The maximum Gasteiger partial charge on any atom is 0.328 e. The summed E-state index contributed by atoms with van der Waals surface area (Å²) < 4.78 is 3.99. The molecule has 0 spiro atoms. The van der Waals surface area contributed by atoms with Crippen LogP contribution in [-0.4, -0.2) is 20.2 Å². The Morgan fingerprint density at radius 2 is 1.90 bits per heavy atom. The Morgan fingerprint density at radius 3 is 2.48 bits per heavy atom. The van der Waals surface area contributed by atoms with Gasteiger partial charge in [-0.05, 0) is 30.5 Å². The maximum absolute atomic E-state index is 11.9. The first-order valence-electron chi connectivity index (χ1n) is 6.65. The van der Waals surface area contributed by atoms with Gasteiger partial charge in [0.1, 0.15) is 0 Å². The van der Waals surface area contributed by atoms with Gasteiger partial charge in [-0.1, -0.05) is 15.9 Å². The van der Waals surface area contributed by atoms with Gasteiger partial charge in [-0.15, -0.1) is 0 Å². The fraction of sp³-hybridized carbons (Fsp3) is 0.429. The third kappa shape index (κ3) is 3.03. The number of halogens is 1. The molecule has 0 saturated carbocycles. The van der Waals surface area contributed by atoms with E-state index in [4.69, 9.17) is 10.8 Å². The van der Waals surface area contributed by atoms with E-state index in [1.54, 1.807) is 23.2 Å². The predicted molar refractivity (Wildman–Crippen MR) is 84.3 cm³/mol. The van der Waals surface area contributed by atoms with Crippen LogP contribution in [0.3, 0.4) is 0 Å². The topological polar surface area (TPSA) is 90.3 Å². The van der Waals surface area contributed by atoms with E-state index in [2.05, 4.69) is 15.9 Å². The highest BCUT2D eigenvalue weighted by molar-refractivity contribution is 9.10. The van der Waals surface area contributed by atoms with Gasteiger partial charge in [0.2, 0.25) is 0 Å². The van der Waals surface area contributed by atoms with Gasteiger partial charge < -0.3 is 10.8 Å². The fourth-order valence-electron chi connectivity index (χ4n) is 2.45. The lowest BCUT2D eigenvalue weighted by Gasteiger charge is -2.14. The van der Waals surface area contributed by atoms with Crippen LogP contribution in [-0.2, 0) is 18.9 Å². The fourth-order valence-corrected chi connectivity index (χ4v) is 3.07. The van der Waals surface area contributed by atoms with Crippen LogP contribution in [0.15, 0.2) is 21.4 Å². The molecule has 0 saturated heterocycles. The second-order valence-corrected chi connectivity index (χ2v) is 6.01. The van der Waals surface area contributed by atoms with Crippen molar-refractivity contribution in [1.29, 1.82) is 0 Å². The van der Waals surface area contributed by atoms with E-state index in [0.29, 0.717) is 12.8 Å². The molecule has 1 heterocycles. The van der Waals surface area contributed by atoms with Crippen molar-refractivity contribution in [2.24, 2.45) is 19.8 Å². The van der Waals surface area contributed by atoms with Gasteiger partial charge in [-0.2, -0.15) is 0 Å². The minimum atomic E-state index is -0.817. The smallest absolute Gasteiger partial charge is 0.328 e. The van der Waals surface area contributed by atoms with E-state index in [-0.39, 0.29) is 18.2 Å². The van der Waals surface area contributed by atoms with Crippen LogP contribution in [0.4, 0.5) is 0 Å². The molecule has 0 bridgehead atoms. The molecule has 0 aliphatic heterocycles. The lowest BCUT2D eigenvalue weighted by atomic mass is 10.0. The summed E-state index contributed by atoms with van der Waals surface area (Å²) in [7, 11) is 3.45. The van der Waals surface area contributed by atoms with E-state index in [1.165, 1.54) is 0 Å². The molecular weight excluding hydrogens is 338 g/mol. The third-order valence-corrected chi connectivity index (χ3v) is 4.38. The number of benzene rings is 1. The van der Waals surface area contributed by atoms with Crippen LogP contribution in [0.5, 0.6) is 0 Å². The second kappa shape index (κ2) is 6.03. The average Bonchev–Trinajstić information content (AvgIpc) is 2.62. The molecule has 0 fully saturated rings. The monoisotopic (exact) mass is 355 g/mol. The van der Waals surface area contributed by atoms with Crippen LogP contribution in [0.25, 0.3) is 11.0 Å². The first-order valence-corrected chi connectivity index (χ1v) is 7.44. The van der Waals surface area contributed by atoms with Gasteiger partial charge in [0.15, 0.2) is 0 Å². The van der Waals surface area contributed by atoms with E-state index >= 15 is 0 Å². The van der Waals surface area contributed by atoms with E-state index < -0.39 is 5.97 Å². The van der Waals surface area contributed by atoms with Crippen molar-refractivity contribution in [2.45, 2.75) is 25.3 Å². The number of aromatic nitrogens is 2. The molecule has 0 amide bonds. The molecule has 2 aromatic rings. The number of imidazole rings is 1. The number of carboxylic acid groups (broad SMARTS) is 1. The quantitative estimate of drug-likeness (QED) is 0.856. The largest absolute Gasteiger partial charge is 0.481 e. The van der Waals surface area contributed by atoms with Gasteiger partial charge in [0, 0.05) is 31.0 Å². The van der Waals surface area contributed by atoms with Crippen molar-refractivity contribution in [3.8, 4) is 0 Å². The molecule has 1 aromatic carbocycles. The van der Waals surface area contributed by atoms with Crippen LogP contribution >= 0.6 is 15.9 Å². The lowest BCUT2D eigenvalue weighted by Crippen LogP contribution is -2.19. The number of fused-ring (bicyclic) bond motifs is 1. The number of carboxylic acids is 1. The first-order chi connectivity index (χ1) is 9.82. The minimum Gasteiger partial charge on any atom is -0.481 e. The average molecular weight is 356 g/mol. The molecule has 2 rings (SSSR count). The van der Waals surface area contributed by atoms with Gasteiger partial charge >= 0.3 is 11.7 Å². The molecule has 0 aliphatic carbocycles. The molecule has 0 aliphatic rings. The molecule has 6 nitrogen and oxygen atoms in total. The zero-order valence-electron chi connectivity index (χ0n) is 12.0. The Labute approximate surface area is 130 Å². The Balaban J connectivity index is 2.36. The molecule has 7 heteroatoms. The van der Waals surface area contributed by atoms with Gasteiger partial charge in [-0.3, -0.25) is 13.9 Å². The number of nitrogens with zero attached hydrogens (tertiary/aromatic N) is 2. The van der Waals surface area contributed by atoms with Crippen LogP contribution < -0.4 is 11.4 Å². The van der Waals surface area contributed by atoms with Crippen molar-refractivity contribution in [3.63, 3.8) is 0 Å². The summed E-state index contributed by atoms with van der Waals surface area (Å²) >= 11 is 3.49. The standard InChI is InChI=1S/C14H18BrN3O3/c1-17-11-6-8(10(16)4-3-5-13(19)20)9(15)7-12(11)18(2)14(17)21/h6-7,10H,3-5,16H2,1-2H3,(H,19,20). The number of aryl methyl sites for hydroxylation is 2. The zero-order chi connectivity index (χ0) is 15.7. The Morgan fingerprint density at radius 1 is 1.33 bits per heavy atom.